The van der Waals surface area contributed by atoms with E-state index in [9.17, 15) is 18.0 Å². The molecule has 0 spiro atoms. The molecule has 2 N–H and O–H groups in total. The zero-order chi connectivity index (χ0) is 15.3. The van der Waals surface area contributed by atoms with Crippen molar-refractivity contribution in [1.82, 2.24) is 9.62 Å². The Morgan fingerprint density at radius 2 is 2.10 bits per heavy atom. The molecular formula is C11H16N2O5S2. The third-order valence-corrected chi connectivity index (χ3v) is 5.09. The van der Waals surface area contributed by atoms with Gasteiger partial charge in [0.2, 0.25) is 10.0 Å². The minimum atomic E-state index is -3.57. The van der Waals surface area contributed by atoms with Crippen LogP contribution in [0.5, 0.6) is 0 Å². The molecule has 1 amide bonds. The molecule has 7 nitrogen and oxygen atoms in total. The van der Waals surface area contributed by atoms with E-state index >= 15 is 0 Å². The molecule has 1 heterocycles. The maximum absolute atomic E-state index is 12.1. The molecule has 112 valence electrons. The molecular weight excluding hydrogens is 304 g/mol. The van der Waals surface area contributed by atoms with Crippen molar-refractivity contribution in [2.45, 2.75) is 18.2 Å². The highest BCUT2D eigenvalue weighted by Crippen LogP contribution is 2.20. The van der Waals surface area contributed by atoms with E-state index in [4.69, 9.17) is 5.11 Å². The molecule has 0 unspecified atom stereocenters. The van der Waals surface area contributed by atoms with Crippen LogP contribution in [0.2, 0.25) is 0 Å². The standard InChI is InChI=1S/C11H16N2O5S2/c1-3-13(5-4-10(14)15)11(16)9-6-8(7-19-9)20(17,18)12-2/h6-7,12H,3-5H2,1-2H3,(H,14,15). The number of nitrogens with one attached hydrogen (secondary N) is 1. The first-order valence-corrected chi connectivity index (χ1v) is 8.21. The monoisotopic (exact) mass is 320 g/mol. The summed E-state index contributed by atoms with van der Waals surface area (Å²) < 4.78 is 25.3. The zero-order valence-electron chi connectivity index (χ0n) is 11.1. The smallest absolute Gasteiger partial charge is 0.305 e. The SMILES string of the molecule is CCN(CCC(=O)O)C(=O)c1cc(S(=O)(=O)NC)cs1. The fraction of sp³-hybridized carbons (Fsp3) is 0.455. The summed E-state index contributed by atoms with van der Waals surface area (Å²) in [6.07, 6.45) is -0.146. The first-order chi connectivity index (χ1) is 9.31. The summed E-state index contributed by atoms with van der Waals surface area (Å²) in [5, 5.41) is 10.0. The second-order valence-electron chi connectivity index (χ2n) is 3.88. The van der Waals surface area contributed by atoms with Crippen molar-refractivity contribution < 1.29 is 23.1 Å². The average Bonchev–Trinajstić information content (AvgIpc) is 2.89. The number of carboxylic acid groups (broad SMARTS) is 1. The van der Waals surface area contributed by atoms with Gasteiger partial charge in [-0.1, -0.05) is 0 Å². The van der Waals surface area contributed by atoms with Gasteiger partial charge in [-0.3, -0.25) is 9.59 Å². The molecule has 0 fully saturated rings. The van der Waals surface area contributed by atoms with Gasteiger partial charge in [0.1, 0.15) is 0 Å². The number of carbonyl (C=O) groups excluding carboxylic acids is 1. The average molecular weight is 320 g/mol. The number of aliphatic carboxylic acids is 1. The van der Waals surface area contributed by atoms with E-state index in [1.165, 1.54) is 23.4 Å². The Labute approximate surface area is 121 Å². The minimum absolute atomic E-state index is 0.0302. The van der Waals surface area contributed by atoms with Crippen molar-refractivity contribution in [3.8, 4) is 0 Å². The third kappa shape index (κ3) is 4.02. The van der Waals surface area contributed by atoms with Gasteiger partial charge in [-0.15, -0.1) is 11.3 Å². The summed E-state index contributed by atoms with van der Waals surface area (Å²) in [7, 11) is -2.28. The molecule has 0 aromatic carbocycles. The molecule has 1 aromatic rings. The van der Waals surface area contributed by atoms with E-state index in [1.54, 1.807) is 6.92 Å². The van der Waals surface area contributed by atoms with Gasteiger partial charge in [0.15, 0.2) is 0 Å². The first kappa shape index (κ1) is 16.6. The first-order valence-electron chi connectivity index (χ1n) is 5.85. The minimum Gasteiger partial charge on any atom is -0.481 e. The number of nitrogens with zero attached hydrogens (tertiary/aromatic N) is 1. The quantitative estimate of drug-likeness (QED) is 0.765. The fourth-order valence-corrected chi connectivity index (χ4v) is 3.45. The Bertz CT molecular complexity index is 594. The van der Waals surface area contributed by atoms with E-state index in [0.717, 1.165) is 11.3 Å². The molecule has 9 heteroatoms. The summed E-state index contributed by atoms with van der Waals surface area (Å²) in [6.45, 7) is 2.19. The number of thiophene rings is 1. The van der Waals surface area contributed by atoms with E-state index in [2.05, 4.69) is 4.72 Å². The molecule has 0 atom stereocenters. The van der Waals surface area contributed by atoms with Crippen LogP contribution in [0.15, 0.2) is 16.3 Å². The van der Waals surface area contributed by atoms with Crippen molar-refractivity contribution in [2.24, 2.45) is 0 Å². The molecule has 1 rings (SSSR count). The number of rotatable bonds is 7. The van der Waals surface area contributed by atoms with Crippen molar-refractivity contribution in [3.05, 3.63) is 16.3 Å². The molecule has 1 aromatic heterocycles. The van der Waals surface area contributed by atoms with Crippen LogP contribution in [0.25, 0.3) is 0 Å². The highest BCUT2D eigenvalue weighted by Gasteiger charge is 2.20. The van der Waals surface area contributed by atoms with Crippen LogP contribution in [0.1, 0.15) is 23.0 Å². The molecule has 20 heavy (non-hydrogen) atoms. The van der Waals surface area contributed by atoms with Crippen LogP contribution in [0, 0.1) is 0 Å². The van der Waals surface area contributed by atoms with Gasteiger partial charge in [-0.2, -0.15) is 0 Å². The lowest BCUT2D eigenvalue weighted by atomic mass is 10.3. The summed E-state index contributed by atoms with van der Waals surface area (Å²) in [6, 6.07) is 1.29. The van der Waals surface area contributed by atoms with Crippen LogP contribution in [0.3, 0.4) is 0 Å². The number of hydrogen-bond donors (Lipinski definition) is 2. The van der Waals surface area contributed by atoms with Gasteiger partial charge in [-0.25, -0.2) is 13.1 Å². The van der Waals surface area contributed by atoms with Gasteiger partial charge in [0, 0.05) is 18.5 Å². The van der Waals surface area contributed by atoms with Gasteiger partial charge < -0.3 is 10.0 Å². The summed E-state index contributed by atoms with van der Waals surface area (Å²) in [5.74, 6) is -1.35. The van der Waals surface area contributed by atoms with E-state index in [1.807, 2.05) is 0 Å². The van der Waals surface area contributed by atoms with Crippen LogP contribution in [-0.4, -0.2) is 50.4 Å². The maximum atomic E-state index is 12.1. The molecule has 0 saturated heterocycles. The van der Waals surface area contributed by atoms with Crippen LogP contribution >= 0.6 is 11.3 Å². The number of hydrogen-bond acceptors (Lipinski definition) is 5. The largest absolute Gasteiger partial charge is 0.481 e. The van der Waals surface area contributed by atoms with E-state index in [-0.39, 0.29) is 28.6 Å². The summed E-state index contributed by atoms with van der Waals surface area (Å²) >= 11 is 1.02. The predicted molar refractivity (Wildman–Crippen MR) is 74.4 cm³/mol. The number of carbonyl (C=O) groups is 2. The second-order valence-corrected chi connectivity index (χ2v) is 6.68. The maximum Gasteiger partial charge on any atom is 0.305 e. The van der Waals surface area contributed by atoms with Gasteiger partial charge >= 0.3 is 5.97 Å². The molecule has 0 bridgehead atoms. The normalized spacial score (nSPS) is 11.3. The summed E-state index contributed by atoms with van der Waals surface area (Å²) in [4.78, 5) is 24.3. The predicted octanol–water partition coefficient (Wildman–Crippen LogP) is 0.593. The molecule has 0 aliphatic heterocycles. The lowest BCUT2D eigenvalue weighted by Gasteiger charge is -2.18. The van der Waals surface area contributed by atoms with Crippen LogP contribution in [-0.2, 0) is 14.8 Å². The number of sulfonamides is 1. The van der Waals surface area contributed by atoms with E-state index in [0.29, 0.717) is 6.54 Å². The topological polar surface area (TPSA) is 104 Å². The lowest BCUT2D eigenvalue weighted by molar-refractivity contribution is -0.137. The van der Waals surface area contributed by atoms with Gasteiger partial charge in [0.05, 0.1) is 16.2 Å². The van der Waals surface area contributed by atoms with Gasteiger partial charge in [0.25, 0.3) is 5.91 Å². The Balaban J connectivity index is 2.89. The molecule has 0 aliphatic carbocycles. The second kappa shape index (κ2) is 6.82. The summed E-state index contributed by atoms with van der Waals surface area (Å²) in [5.41, 5.74) is 0. The molecule has 0 radical (unpaired) electrons. The Hall–Kier alpha value is -1.45. The van der Waals surface area contributed by atoms with Crippen molar-refractivity contribution in [3.63, 3.8) is 0 Å². The molecule has 0 aliphatic rings. The fourth-order valence-electron chi connectivity index (χ4n) is 1.48. The number of carboxylic acids is 1. The highest BCUT2D eigenvalue weighted by atomic mass is 32.2. The Kier molecular flexibility index (Phi) is 5.66. The van der Waals surface area contributed by atoms with Crippen molar-refractivity contribution >= 4 is 33.2 Å². The number of amides is 1. The van der Waals surface area contributed by atoms with Crippen LogP contribution < -0.4 is 4.72 Å². The van der Waals surface area contributed by atoms with Gasteiger partial charge in [-0.05, 0) is 20.0 Å². The Morgan fingerprint density at radius 3 is 2.60 bits per heavy atom. The van der Waals surface area contributed by atoms with Crippen molar-refractivity contribution in [1.29, 1.82) is 0 Å². The highest BCUT2D eigenvalue weighted by molar-refractivity contribution is 7.89. The van der Waals surface area contributed by atoms with Crippen molar-refractivity contribution in [2.75, 3.05) is 20.1 Å². The Morgan fingerprint density at radius 1 is 1.45 bits per heavy atom. The van der Waals surface area contributed by atoms with E-state index < -0.39 is 16.0 Å². The third-order valence-electron chi connectivity index (χ3n) is 2.63. The van der Waals surface area contributed by atoms with Crippen LogP contribution in [0.4, 0.5) is 0 Å². The lowest BCUT2D eigenvalue weighted by Crippen LogP contribution is -2.32. The zero-order valence-corrected chi connectivity index (χ0v) is 12.8. The molecule has 0 saturated carbocycles.